The van der Waals surface area contributed by atoms with Crippen molar-refractivity contribution >= 4 is 31.2 Å². The molecule has 5 N–H and O–H groups in total. The molecule has 2 heterocycles. The lowest BCUT2D eigenvalue weighted by molar-refractivity contribution is -0.125. The first kappa shape index (κ1) is 33.3. The second-order valence-corrected chi connectivity index (χ2v) is 11.8. The number of carbonyl (C=O) groups excluding carboxylic acids is 1. The number of fused-ring (bicyclic) bond motifs is 1. The van der Waals surface area contributed by atoms with E-state index in [0.29, 0.717) is 30.5 Å². The van der Waals surface area contributed by atoms with Gasteiger partial charge in [-0.25, -0.2) is 4.98 Å². The van der Waals surface area contributed by atoms with Crippen LogP contribution < -0.4 is 16.0 Å². The minimum atomic E-state index is -2.38. The second-order valence-electron chi connectivity index (χ2n) is 10.8. The number of benzene rings is 1. The summed E-state index contributed by atoms with van der Waals surface area (Å²) in [5.74, 6) is -0.404. The molecule has 0 saturated heterocycles. The molecule has 44 heavy (non-hydrogen) atoms. The van der Waals surface area contributed by atoms with Crippen molar-refractivity contribution < 1.29 is 28.8 Å². The minimum Gasteiger partial charge on any atom is -0.388 e. The Kier molecular flexibility index (Phi) is 12.1. The lowest BCUT2D eigenvalue weighted by Gasteiger charge is -2.26. The second kappa shape index (κ2) is 15.9. The Morgan fingerprint density at radius 3 is 2.77 bits per heavy atom. The molecular formula is C30H40N6O7P+. The van der Waals surface area contributed by atoms with Crippen LogP contribution in [0.3, 0.4) is 0 Å². The summed E-state index contributed by atoms with van der Waals surface area (Å²) in [6.45, 7) is 5.53. The molecule has 0 fully saturated rings. The Labute approximate surface area is 256 Å². The van der Waals surface area contributed by atoms with Crippen LogP contribution in [0.2, 0.25) is 0 Å². The van der Waals surface area contributed by atoms with E-state index in [-0.39, 0.29) is 49.0 Å². The van der Waals surface area contributed by atoms with Crippen molar-refractivity contribution in [2.75, 3.05) is 11.9 Å². The first-order chi connectivity index (χ1) is 21.2. The number of aliphatic hydroxyl groups is 2. The van der Waals surface area contributed by atoms with Gasteiger partial charge in [-0.3, -0.25) is 19.9 Å². The monoisotopic (exact) mass is 627 g/mol. The smallest absolute Gasteiger partial charge is 0.388 e. The number of aliphatic hydroxyl groups excluding tert-OH is 2. The van der Waals surface area contributed by atoms with Gasteiger partial charge in [0.1, 0.15) is 12.6 Å². The van der Waals surface area contributed by atoms with E-state index in [4.69, 9.17) is 9.26 Å². The zero-order chi connectivity index (χ0) is 31.6. The minimum absolute atomic E-state index is 0.0458. The number of hydrogen-bond acceptors (Lipinski definition) is 9. The third kappa shape index (κ3) is 8.98. The quantitative estimate of drug-likeness (QED) is 0.0889. The van der Waals surface area contributed by atoms with Crippen LogP contribution in [0, 0.1) is 5.92 Å². The molecule has 6 atom stereocenters. The van der Waals surface area contributed by atoms with Crippen molar-refractivity contribution in [3.8, 4) is 0 Å². The number of allylic oxidation sites excluding steroid dienone is 2. The number of imidazole rings is 1. The number of H-pyrrole nitrogens is 1. The zero-order valence-corrected chi connectivity index (χ0v) is 25.9. The number of nitrogens with zero attached hydrogens (tertiary/aromatic N) is 3. The molecule has 236 valence electrons. The Hall–Kier alpha value is -3.58. The van der Waals surface area contributed by atoms with E-state index in [1.807, 2.05) is 56.3 Å². The van der Waals surface area contributed by atoms with Crippen LogP contribution in [0.1, 0.15) is 58.1 Å². The predicted molar refractivity (Wildman–Crippen MR) is 166 cm³/mol. The van der Waals surface area contributed by atoms with Gasteiger partial charge in [-0.15, -0.1) is 4.52 Å². The van der Waals surface area contributed by atoms with Crippen molar-refractivity contribution in [2.45, 2.75) is 77.5 Å². The Balaban J connectivity index is 1.35. The highest BCUT2D eigenvalue weighted by molar-refractivity contribution is 7.36. The van der Waals surface area contributed by atoms with Crippen molar-refractivity contribution in [3.05, 3.63) is 76.4 Å². The molecule has 0 saturated carbocycles. The van der Waals surface area contributed by atoms with Gasteiger partial charge >= 0.3 is 8.18 Å². The molecule has 1 aliphatic carbocycles. The van der Waals surface area contributed by atoms with E-state index >= 15 is 0 Å². The van der Waals surface area contributed by atoms with Crippen molar-refractivity contribution in [2.24, 2.45) is 5.92 Å². The largest absolute Gasteiger partial charge is 0.613 e. The molecule has 1 aromatic carbocycles. The average molecular weight is 628 g/mol. The van der Waals surface area contributed by atoms with Crippen molar-refractivity contribution in [1.82, 2.24) is 24.6 Å². The van der Waals surface area contributed by atoms with Crippen LogP contribution in [-0.2, 0) is 25.2 Å². The average Bonchev–Trinajstić information content (AvgIpc) is 3.42. The van der Waals surface area contributed by atoms with Crippen molar-refractivity contribution in [1.29, 1.82) is 0 Å². The van der Waals surface area contributed by atoms with Crippen LogP contribution in [0.5, 0.6) is 0 Å². The molecular weight excluding hydrogens is 587 g/mol. The number of aromatic amines is 1. The predicted octanol–water partition coefficient (Wildman–Crippen LogP) is 3.86. The Bertz CT molecular complexity index is 1540. The maximum absolute atomic E-state index is 13.0. The molecule has 4 rings (SSSR count). The van der Waals surface area contributed by atoms with Gasteiger partial charge in [0.25, 0.3) is 5.56 Å². The van der Waals surface area contributed by atoms with Gasteiger partial charge in [0.2, 0.25) is 11.9 Å². The summed E-state index contributed by atoms with van der Waals surface area (Å²) in [7, 11) is -2.38. The van der Waals surface area contributed by atoms with Gasteiger partial charge < -0.3 is 19.5 Å². The summed E-state index contributed by atoms with van der Waals surface area (Å²) in [4.78, 5) is 34.9. The van der Waals surface area contributed by atoms with E-state index in [2.05, 4.69) is 25.4 Å². The van der Waals surface area contributed by atoms with Gasteiger partial charge in [-0.1, -0.05) is 67.5 Å². The third-order valence-corrected chi connectivity index (χ3v) is 8.38. The zero-order valence-electron chi connectivity index (χ0n) is 25.1. The maximum Gasteiger partial charge on any atom is 0.613 e. The maximum atomic E-state index is 13.0. The molecule has 0 bridgehead atoms. The van der Waals surface area contributed by atoms with Crippen LogP contribution in [0.4, 0.5) is 5.95 Å². The van der Waals surface area contributed by atoms with Crippen LogP contribution in [0.15, 0.2) is 65.3 Å². The topological polar surface area (TPSA) is 181 Å². The van der Waals surface area contributed by atoms with Gasteiger partial charge in [0.15, 0.2) is 17.5 Å². The summed E-state index contributed by atoms with van der Waals surface area (Å²) in [6.07, 6.45) is 7.12. The fourth-order valence-electron chi connectivity index (χ4n) is 5.02. The van der Waals surface area contributed by atoms with E-state index in [9.17, 15) is 24.4 Å². The molecule has 1 aliphatic rings. The molecule has 14 heteroatoms. The highest BCUT2D eigenvalue weighted by Gasteiger charge is 2.33. The summed E-state index contributed by atoms with van der Waals surface area (Å²) in [5, 5.41) is 26.9. The molecule has 0 spiro atoms. The highest BCUT2D eigenvalue weighted by Crippen LogP contribution is 2.28. The normalized spacial score (nSPS) is 18.9. The third-order valence-electron chi connectivity index (χ3n) is 7.42. The summed E-state index contributed by atoms with van der Waals surface area (Å²) in [6, 6.07) is 8.52. The lowest BCUT2D eigenvalue weighted by atomic mass is 9.89. The van der Waals surface area contributed by atoms with E-state index < -0.39 is 32.2 Å². The van der Waals surface area contributed by atoms with Gasteiger partial charge in [0, 0.05) is 18.9 Å². The van der Waals surface area contributed by atoms with Gasteiger partial charge in [0.05, 0.1) is 19.0 Å². The van der Waals surface area contributed by atoms with Crippen LogP contribution in [0.25, 0.3) is 11.2 Å². The lowest BCUT2D eigenvalue weighted by Crippen LogP contribution is -2.40. The summed E-state index contributed by atoms with van der Waals surface area (Å²) >= 11 is 0. The number of carbonyl (C=O) groups is 1. The molecule has 1 amide bonds. The first-order valence-corrected chi connectivity index (χ1v) is 15.8. The summed E-state index contributed by atoms with van der Waals surface area (Å²) in [5.41, 5.74) is 1.64. The molecule has 3 aromatic rings. The fraction of sp³-hybridized carbons (Fsp3) is 0.467. The fourth-order valence-corrected chi connectivity index (χ4v) is 5.88. The standard InChI is InChI=1S/C30H39N6O7P/c1-4-23(36-18-31-25-27(36)33-30(32-20(3)37)34-28(25)39)14-9-15-43-44(41)35-24(16-22-13-8-10-19(2)26(22)38)29(40)42-17-21-11-6-5-7-12-21/h5-8,10-13,18-19,23-24,26,29,38,40H,4,9,14-17H2,1-3H3,(H2-,32,33,34,35,37,39,41)/p+1/t19?,23?,24-,26?,29?/m0/s1. The molecule has 5 unspecified atom stereocenters. The Morgan fingerprint density at radius 2 is 2.05 bits per heavy atom. The van der Waals surface area contributed by atoms with E-state index in [1.165, 1.54) is 6.92 Å². The number of nitrogens with one attached hydrogen (secondary N) is 3. The van der Waals surface area contributed by atoms with Crippen LogP contribution >= 0.6 is 8.18 Å². The molecule has 13 nitrogen and oxygen atoms in total. The van der Waals surface area contributed by atoms with Crippen molar-refractivity contribution in [3.63, 3.8) is 0 Å². The number of ether oxygens (including phenoxy) is 1. The molecule has 0 radical (unpaired) electrons. The first-order valence-electron chi connectivity index (χ1n) is 14.7. The van der Waals surface area contributed by atoms with E-state index in [1.54, 1.807) is 17.0 Å². The number of anilines is 1. The molecule has 0 aliphatic heterocycles. The summed E-state index contributed by atoms with van der Waals surface area (Å²) < 4.78 is 26.0. The van der Waals surface area contributed by atoms with Gasteiger partial charge in [-0.05, 0) is 41.4 Å². The molecule has 2 aromatic heterocycles. The number of hydrogen-bond donors (Lipinski definition) is 5. The highest BCUT2D eigenvalue weighted by atomic mass is 31.1. The van der Waals surface area contributed by atoms with E-state index in [0.717, 1.165) is 5.56 Å². The number of rotatable bonds is 16. The SMILES string of the molecule is CCC(CCCO[P+](=O)N[C@@H](CC1=CC=CC(C)C1O)C(O)OCc1ccccc1)n1cnc2c(=O)[nH]c(NC(C)=O)nc21. The van der Waals surface area contributed by atoms with Gasteiger partial charge in [-0.2, -0.15) is 4.98 Å². The number of amides is 1. The number of aromatic nitrogens is 4. The Morgan fingerprint density at radius 1 is 1.27 bits per heavy atom. The van der Waals surface area contributed by atoms with Crippen LogP contribution in [-0.4, -0.2) is 60.7 Å².